The molecule has 2 aromatic rings. The lowest BCUT2D eigenvalue weighted by atomic mass is 9.82. The van der Waals surface area contributed by atoms with E-state index in [-0.39, 0.29) is 5.54 Å². The van der Waals surface area contributed by atoms with E-state index in [4.69, 9.17) is 5.73 Å². The molecular formula is C24H32N2O. The van der Waals surface area contributed by atoms with Gasteiger partial charge in [-0.25, -0.2) is 0 Å². The Bertz CT molecular complexity index is 786. The first kappa shape index (κ1) is 19.6. The first-order chi connectivity index (χ1) is 13.0. The van der Waals surface area contributed by atoms with Crippen molar-refractivity contribution in [1.29, 1.82) is 0 Å². The Morgan fingerprint density at radius 3 is 2.70 bits per heavy atom. The Labute approximate surface area is 163 Å². The molecule has 1 aliphatic rings. The molecular weight excluding hydrogens is 332 g/mol. The van der Waals surface area contributed by atoms with Crippen LogP contribution in [0.25, 0.3) is 0 Å². The molecule has 0 bridgehead atoms. The van der Waals surface area contributed by atoms with E-state index in [1.54, 1.807) is 0 Å². The lowest BCUT2D eigenvalue weighted by Gasteiger charge is -2.45. The highest BCUT2D eigenvalue weighted by molar-refractivity contribution is 5.78. The van der Waals surface area contributed by atoms with Crippen LogP contribution in [0.15, 0.2) is 42.5 Å². The minimum atomic E-state index is 0.186. The summed E-state index contributed by atoms with van der Waals surface area (Å²) in [6.07, 6.45) is 7.80. The summed E-state index contributed by atoms with van der Waals surface area (Å²) in [6.45, 7) is 6.86. The minimum absolute atomic E-state index is 0.186. The number of piperidine rings is 1. The van der Waals surface area contributed by atoms with Crippen molar-refractivity contribution in [3.8, 4) is 0 Å². The Kier molecular flexibility index (Phi) is 6.33. The Balaban J connectivity index is 1.69. The predicted molar refractivity (Wildman–Crippen MR) is 113 cm³/mol. The van der Waals surface area contributed by atoms with Gasteiger partial charge in [0.25, 0.3) is 0 Å². The highest BCUT2D eigenvalue weighted by Crippen LogP contribution is 2.33. The Morgan fingerprint density at radius 2 is 1.93 bits per heavy atom. The van der Waals surface area contributed by atoms with Gasteiger partial charge in [0.05, 0.1) is 0 Å². The van der Waals surface area contributed by atoms with Gasteiger partial charge < -0.3 is 5.73 Å². The fourth-order valence-corrected chi connectivity index (χ4v) is 4.41. The van der Waals surface area contributed by atoms with Crippen molar-refractivity contribution in [2.24, 2.45) is 0 Å². The van der Waals surface area contributed by atoms with Gasteiger partial charge >= 0.3 is 0 Å². The average molecular weight is 365 g/mol. The second-order valence-electron chi connectivity index (χ2n) is 8.19. The third kappa shape index (κ3) is 4.78. The SMILES string of the molecule is Cc1ccccc1CCN1CCCCC1(C)CCc1cc(N)ccc1C=O. The Hall–Kier alpha value is -2.13. The number of aryl methyl sites for hydroxylation is 2. The molecule has 0 spiro atoms. The molecule has 3 nitrogen and oxygen atoms in total. The van der Waals surface area contributed by atoms with Crippen molar-refractivity contribution in [1.82, 2.24) is 4.90 Å². The van der Waals surface area contributed by atoms with Gasteiger partial charge in [0.15, 0.2) is 0 Å². The molecule has 1 aliphatic heterocycles. The van der Waals surface area contributed by atoms with Gasteiger partial charge in [-0.2, -0.15) is 0 Å². The second-order valence-corrected chi connectivity index (χ2v) is 8.19. The van der Waals surface area contributed by atoms with Crippen LogP contribution in [-0.2, 0) is 12.8 Å². The summed E-state index contributed by atoms with van der Waals surface area (Å²) in [5, 5.41) is 0. The molecule has 0 amide bonds. The molecule has 0 saturated carbocycles. The molecule has 1 saturated heterocycles. The van der Waals surface area contributed by atoms with Crippen molar-refractivity contribution in [3.63, 3.8) is 0 Å². The van der Waals surface area contributed by atoms with Crippen LogP contribution < -0.4 is 5.73 Å². The molecule has 2 aromatic carbocycles. The molecule has 2 N–H and O–H groups in total. The number of nitrogens with zero attached hydrogens (tertiary/aromatic N) is 1. The standard InChI is InChI=1S/C24H32N2O/c1-19-7-3-4-8-20(19)12-16-26-15-6-5-13-24(26,2)14-11-21-17-23(25)10-9-22(21)18-27/h3-4,7-10,17-18H,5-6,11-16,25H2,1-2H3. The van der Waals surface area contributed by atoms with E-state index in [1.165, 1.54) is 36.9 Å². The summed E-state index contributed by atoms with van der Waals surface area (Å²) in [5.74, 6) is 0. The lowest BCUT2D eigenvalue weighted by molar-refractivity contribution is 0.0552. The van der Waals surface area contributed by atoms with Crippen LogP contribution in [0.2, 0.25) is 0 Å². The van der Waals surface area contributed by atoms with E-state index in [2.05, 4.69) is 43.0 Å². The molecule has 1 atom stereocenters. The van der Waals surface area contributed by atoms with Crippen LogP contribution in [0.3, 0.4) is 0 Å². The van der Waals surface area contributed by atoms with Crippen molar-refractivity contribution < 1.29 is 4.79 Å². The number of rotatable bonds is 7. The maximum atomic E-state index is 11.4. The number of hydrogen-bond donors (Lipinski definition) is 1. The smallest absolute Gasteiger partial charge is 0.150 e. The first-order valence-electron chi connectivity index (χ1n) is 10.1. The van der Waals surface area contributed by atoms with Crippen molar-refractivity contribution >= 4 is 12.0 Å². The van der Waals surface area contributed by atoms with Gasteiger partial charge in [0.1, 0.15) is 6.29 Å². The number of anilines is 1. The molecule has 1 fully saturated rings. The van der Waals surface area contributed by atoms with E-state index >= 15 is 0 Å². The molecule has 3 rings (SSSR count). The summed E-state index contributed by atoms with van der Waals surface area (Å²) in [6, 6.07) is 14.3. The van der Waals surface area contributed by atoms with Gasteiger partial charge in [-0.3, -0.25) is 9.69 Å². The number of nitrogens with two attached hydrogens (primary N) is 1. The molecule has 0 aliphatic carbocycles. The number of carbonyl (C=O) groups is 1. The van der Waals surface area contributed by atoms with Gasteiger partial charge in [-0.1, -0.05) is 30.7 Å². The third-order valence-corrected chi connectivity index (χ3v) is 6.30. The molecule has 3 heteroatoms. The zero-order chi connectivity index (χ0) is 19.3. The van der Waals surface area contributed by atoms with Crippen molar-refractivity contribution in [3.05, 3.63) is 64.7 Å². The van der Waals surface area contributed by atoms with Crippen LogP contribution in [-0.4, -0.2) is 29.8 Å². The topological polar surface area (TPSA) is 46.3 Å². The summed E-state index contributed by atoms with van der Waals surface area (Å²) in [7, 11) is 0. The number of benzene rings is 2. The number of nitrogen functional groups attached to an aromatic ring is 1. The molecule has 27 heavy (non-hydrogen) atoms. The Morgan fingerprint density at radius 1 is 1.11 bits per heavy atom. The number of likely N-dealkylation sites (tertiary alicyclic amines) is 1. The van der Waals surface area contributed by atoms with Crippen LogP contribution in [0.1, 0.15) is 59.7 Å². The zero-order valence-corrected chi connectivity index (χ0v) is 16.7. The van der Waals surface area contributed by atoms with E-state index < -0.39 is 0 Å². The molecule has 1 heterocycles. The van der Waals surface area contributed by atoms with E-state index in [0.717, 1.165) is 48.9 Å². The van der Waals surface area contributed by atoms with Crippen LogP contribution in [0.5, 0.6) is 0 Å². The van der Waals surface area contributed by atoms with Gasteiger partial charge in [-0.15, -0.1) is 0 Å². The fraction of sp³-hybridized carbons (Fsp3) is 0.458. The maximum absolute atomic E-state index is 11.4. The van der Waals surface area contributed by atoms with Crippen LogP contribution in [0, 0.1) is 6.92 Å². The maximum Gasteiger partial charge on any atom is 0.150 e. The largest absolute Gasteiger partial charge is 0.399 e. The monoisotopic (exact) mass is 364 g/mol. The molecule has 144 valence electrons. The highest BCUT2D eigenvalue weighted by Gasteiger charge is 2.33. The fourth-order valence-electron chi connectivity index (χ4n) is 4.41. The number of aldehydes is 1. The molecule has 0 aromatic heterocycles. The third-order valence-electron chi connectivity index (χ3n) is 6.30. The summed E-state index contributed by atoms with van der Waals surface area (Å²) in [4.78, 5) is 14.1. The van der Waals surface area contributed by atoms with Gasteiger partial charge in [-0.05, 0) is 87.4 Å². The van der Waals surface area contributed by atoms with Crippen LogP contribution in [0.4, 0.5) is 5.69 Å². The lowest BCUT2D eigenvalue weighted by Crippen LogP contribution is -2.50. The average Bonchev–Trinajstić information content (AvgIpc) is 2.67. The van der Waals surface area contributed by atoms with Crippen LogP contribution >= 0.6 is 0 Å². The number of carbonyl (C=O) groups excluding carboxylic acids is 1. The molecule has 0 radical (unpaired) electrons. The predicted octanol–water partition coefficient (Wildman–Crippen LogP) is 4.81. The first-order valence-corrected chi connectivity index (χ1v) is 10.1. The van der Waals surface area contributed by atoms with E-state index in [9.17, 15) is 4.79 Å². The highest BCUT2D eigenvalue weighted by atomic mass is 16.1. The van der Waals surface area contributed by atoms with Crippen molar-refractivity contribution in [2.45, 2.75) is 57.9 Å². The van der Waals surface area contributed by atoms with Gasteiger partial charge in [0.2, 0.25) is 0 Å². The summed E-state index contributed by atoms with van der Waals surface area (Å²) < 4.78 is 0. The summed E-state index contributed by atoms with van der Waals surface area (Å²) in [5.41, 5.74) is 11.6. The normalized spacial score (nSPS) is 20.5. The van der Waals surface area contributed by atoms with E-state index in [0.29, 0.717) is 0 Å². The minimum Gasteiger partial charge on any atom is -0.399 e. The molecule has 1 unspecified atom stereocenters. The zero-order valence-electron chi connectivity index (χ0n) is 16.7. The summed E-state index contributed by atoms with van der Waals surface area (Å²) >= 11 is 0. The second kappa shape index (κ2) is 8.71. The quantitative estimate of drug-likeness (QED) is 0.566. The van der Waals surface area contributed by atoms with Crippen molar-refractivity contribution in [2.75, 3.05) is 18.8 Å². The number of hydrogen-bond acceptors (Lipinski definition) is 3. The van der Waals surface area contributed by atoms with E-state index in [1.807, 2.05) is 18.2 Å². The van der Waals surface area contributed by atoms with Gasteiger partial charge in [0, 0.05) is 23.3 Å².